The molecule has 0 aromatic heterocycles. The Bertz CT molecular complexity index is 612. The quantitative estimate of drug-likeness (QED) is 0.128. The molecule has 0 saturated heterocycles. The Kier molecular flexibility index (Phi) is 24.1. The maximum atomic E-state index is 9.19. The summed E-state index contributed by atoms with van der Waals surface area (Å²) in [4.78, 5) is 0. The predicted octanol–water partition coefficient (Wildman–Crippen LogP) is 7.92. The smallest absolute Gasteiger partial charge is 0.133 e. The van der Waals surface area contributed by atoms with Crippen molar-refractivity contribution in [2.24, 2.45) is 0 Å². The SMILES string of the molecule is C#C/C=C\CCCCCCCCCC/C=C\CC#CCCCCCC/C=C/[C@@H](O)C#C. The molecule has 1 heteroatoms. The van der Waals surface area contributed by atoms with E-state index in [2.05, 4.69) is 41.9 Å². The third kappa shape index (κ3) is 25.8. The summed E-state index contributed by atoms with van der Waals surface area (Å²) in [7, 11) is 0. The lowest BCUT2D eigenvalue weighted by molar-refractivity contribution is 0.280. The molecule has 1 nitrogen and oxygen atoms in total. The second-order valence-corrected chi connectivity index (χ2v) is 8.00. The second-order valence-electron chi connectivity index (χ2n) is 8.00. The molecule has 31 heavy (non-hydrogen) atoms. The van der Waals surface area contributed by atoms with Crippen LogP contribution >= 0.6 is 0 Å². The van der Waals surface area contributed by atoms with E-state index in [-0.39, 0.29) is 0 Å². The van der Waals surface area contributed by atoms with Crippen molar-refractivity contribution in [3.63, 3.8) is 0 Å². The lowest BCUT2D eigenvalue weighted by Gasteiger charge is -2.00. The van der Waals surface area contributed by atoms with E-state index in [0.717, 1.165) is 32.1 Å². The van der Waals surface area contributed by atoms with Gasteiger partial charge >= 0.3 is 0 Å². The minimum atomic E-state index is -0.733. The van der Waals surface area contributed by atoms with Crippen molar-refractivity contribution >= 4 is 0 Å². The monoisotopic (exact) mass is 420 g/mol. The Hall–Kier alpha value is -2.14. The van der Waals surface area contributed by atoms with Crippen LogP contribution in [0.25, 0.3) is 0 Å². The fraction of sp³-hybridized carbons (Fsp3) is 0.600. The van der Waals surface area contributed by atoms with Crippen molar-refractivity contribution in [1.29, 1.82) is 0 Å². The number of unbranched alkanes of at least 4 members (excludes halogenated alkanes) is 14. The normalized spacial score (nSPS) is 12.1. The fourth-order valence-electron chi connectivity index (χ4n) is 3.27. The third-order valence-corrected chi connectivity index (χ3v) is 5.13. The minimum absolute atomic E-state index is 0.733. The average molecular weight is 421 g/mol. The van der Waals surface area contributed by atoms with E-state index < -0.39 is 6.10 Å². The molecule has 0 unspecified atom stereocenters. The van der Waals surface area contributed by atoms with Crippen molar-refractivity contribution in [2.75, 3.05) is 0 Å². The van der Waals surface area contributed by atoms with Crippen molar-refractivity contribution in [3.8, 4) is 36.5 Å². The molecule has 0 bridgehead atoms. The van der Waals surface area contributed by atoms with Gasteiger partial charge in [0, 0.05) is 12.8 Å². The van der Waals surface area contributed by atoms with Gasteiger partial charge in [-0.25, -0.2) is 0 Å². The first-order valence-corrected chi connectivity index (χ1v) is 12.3. The lowest BCUT2D eigenvalue weighted by Crippen LogP contribution is -1.95. The van der Waals surface area contributed by atoms with Crippen molar-refractivity contribution in [2.45, 2.75) is 115 Å². The van der Waals surface area contributed by atoms with Crippen molar-refractivity contribution in [3.05, 3.63) is 36.5 Å². The van der Waals surface area contributed by atoms with E-state index in [4.69, 9.17) is 12.8 Å². The number of hydrogen-bond acceptors (Lipinski definition) is 1. The largest absolute Gasteiger partial charge is 0.377 e. The summed E-state index contributed by atoms with van der Waals surface area (Å²) in [6.45, 7) is 0. The standard InChI is InChI=1S/C30H44O/c1-3-5-6-7-8-9-10-11-12-13-14-15-16-17-18-19-20-21-22-23-24-25-26-27-28-29-30(31)4-2/h1-2,5-6,17-18,28-31H,7-16,19,22-27H2/b6-5-,18-17-,29-28+/t30-/m0/s1. The average Bonchev–Trinajstić information content (AvgIpc) is 2.78. The number of aliphatic hydroxyl groups is 1. The van der Waals surface area contributed by atoms with E-state index in [1.54, 1.807) is 6.08 Å². The molecular formula is C30H44O. The molecule has 0 amide bonds. The van der Waals surface area contributed by atoms with Crippen LogP contribution in [-0.4, -0.2) is 11.2 Å². The van der Waals surface area contributed by atoms with Gasteiger partial charge in [-0.2, -0.15) is 0 Å². The van der Waals surface area contributed by atoms with E-state index in [0.29, 0.717) is 0 Å². The zero-order chi connectivity index (χ0) is 22.7. The molecule has 0 saturated carbocycles. The van der Waals surface area contributed by atoms with Gasteiger partial charge < -0.3 is 5.11 Å². The number of aliphatic hydroxyl groups excluding tert-OH is 1. The van der Waals surface area contributed by atoms with E-state index in [1.165, 1.54) is 77.0 Å². The van der Waals surface area contributed by atoms with Gasteiger partial charge in [0.2, 0.25) is 0 Å². The Morgan fingerprint density at radius 1 is 0.613 bits per heavy atom. The number of hydrogen-bond donors (Lipinski definition) is 1. The Morgan fingerprint density at radius 3 is 1.77 bits per heavy atom. The topological polar surface area (TPSA) is 20.2 Å². The zero-order valence-corrected chi connectivity index (χ0v) is 19.7. The second kappa shape index (κ2) is 25.9. The van der Waals surface area contributed by atoms with Gasteiger partial charge in [-0.15, -0.1) is 18.8 Å². The summed E-state index contributed by atoms with van der Waals surface area (Å²) < 4.78 is 0. The van der Waals surface area contributed by atoms with Gasteiger partial charge in [0.15, 0.2) is 0 Å². The highest BCUT2D eigenvalue weighted by Gasteiger charge is 1.92. The maximum absolute atomic E-state index is 9.19. The highest BCUT2D eigenvalue weighted by molar-refractivity contribution is 5.08. The van der Waals surface area contributed by atoms with Crippen LogP contribution in [0.4, 0.5) is 0 Å². The summed E-state index contributed by atoms with van der Waals surface area (Å²) in [5, 5.41) is 9.19. The highest BCUT2D eigenvalue weighted by atomic mass is 16.3. The minimum Gasteiger partial charge on any atom is -0.377 e. The molecule has 0 heterocycles. The Balaban J connectivity index is 3.29. The van der Waals surface area contributed by atoms with Crippen LogP contribution in [0.3, 0.4) is 0 Å². The van der Waals surface area contributed by atoms with Crippen LogP contribution in [0.2, 0.25) is 0 Å². The van der Waals surface area contributed by atoms with Crippen LogP contribution in [0.15, 0.2) is 36.5 Å². The molecule has 0 aromatic rings. The summed E-state index contributed by atoms with van der Waals surface area (Å²) in [6, 6.07) is 0. The predicted molar refractivity (Wildman–Crippen MR) is 137 cm³/mol. The van der Waals surface area contributed by atoms with Gasteiger partial charge in [0.25, 0.3) is 0 Å². The summed E-state index contributed by atoms with van der Waals surface area (Å²) in [5.74, 6) is 11.3. The van der Waals surface area contributed by atoms with E-state index in [9.17, 15) is 5.11 Å². The van der Waals surface area contributed by atoms with Gasteiger partial charge in [-0.1, -0.05) is 93.4 Å². The molecule has 0 aliphatic heterocycles. The lowest BCUT2D eigenvalue weighted by atomic mass is 10.1. The van der Waals surface area contributed by atoms with E-state index in [1.807, 2.05) is 12.2 Å². The van der Waals surface area contributed by atoms with Crippen LogP contribution in [0, 0.1) is 36.5 Å². The molecule has 0 aromatic carbocycles. The maximum Gasteiger partial charge on any atom is 0.133 e. The van der Waals surface area contributed by atoms with Crippen LogP contribution in [-0.2, 0) is 0 Å². The molecule has 0 spiro atoms. The number of rotatable bonds is 19. The first-order chi connectivity index (χ1) is 15.3. The first kappa shape index (κ1) is 28.9. The first-order valence-electron chi connectivity index (χ1n) is 12.3. The molecule has 0 aliphatic rings. The number of allylic oxidation sites excluding steroid dienone is 5. The zero-order valence-electron chi connectivity index (χ0n) is 19.7. The molecule has 1 atom stereocenters. The fourth-order valence-corrected chi connectivity index (χ4v) is 3.27. The summed E-state index contributed by atoms with van der Waals surface area (Å²) in [5.41, 5.74) is 0. The molecule has 170 valence electrons. The summed E-state index contributed by atoms with van der Waals surface area (Å²) in [6.07, 6.45) is 42.3. The van der Waals surface area contributed by atoms with Gasteiger partial charge in [-0.3, -0.25) is 0 Å². The van der Waals surface area contributed by atoms with Crippen molar-refractivity contribution < 1.29 is 5.11 Å². The van der Waals surface area contributed by atoms with Gasteiger partial charge in [0.1, 0.15) is 6.10 Å². The molecule has 0 rings (SSSR count). The molecule has 0 fully saturated rings. The third-order valence-electron chi connectivity index (χ3n) is 5.13. The molecule has 0 radical (unpaired) electrons. The van der Waals surface area contributed by atoms with Crippen LogP contribution in [0.5, 0.6) is 0 Å². The van der Waals surface area contributed by atoms with Gasteiger partial charge in [0.05, 0.1) is 0 Å². The Labute approximate surface area is 193 Å². The van der Waals surface area contributed by atoms with Crippen LogP contribution < -0.4 is 0 Å². The molecule has 0 aliphatic carbocycles. The molecular weight excluding hydrogens is 376 g/mol. The van der Waals surface area contributed by atoms with Crippen LogP contribution in [0.1, 0.15) is 109 Å². The Morgan fingerprint density at radius 2 is 1.16 bits per heavy atom. The summed E-state index contributed by atoms with van der Waals surface area (Å²) >= 11 is 0. The van der Waals surface area contributed by atoms with E-state index >= 15 is 0 Å². The van der Waals surface area contributed by atoms with Gasteiger partial charge in [-0.05, 0) is 57.1 Å². The number of terminal acetylenes is 2. The highest BCUT2D eigenvalue weighted by Crippen LogP contribution is 2.11. The molecule has 1 N–H and O–H groups in total. The van der Waals surface area contributed by atoms with Crippen molar-refractivity contribution in [1.82, 2.24) is 0 Å².